The largest absolute Gasteiger partial charge is 0.382 e. The van der Waals surface area contributed by atoms with Crippen LogP contribution in [0.2, 0.25) is 0 Å². The Hall–Kier alpha value is -1.65. The molecule has 0 radical (unpaired) electrons. The van der Waals surface area contributed by atoms with Crippen molar-refractivity contribution >= 4 is 11.4 Å². The van der Waals surface area contributed by atoms with E-state index in [2.05, 4.69) is 26.1 Å². The molecular formula is C15H21FN2O2. The van der Waals surface area contributed by atoms with Gasteiger partial charge in [-0.25, -0.2) is 0 Å². The van der Waals surface area contributed by atoms with E-state index in [9.17, 15) is 14.5 Å². The van der Waals surface area contributed by atoms with Crippen LogP contribution < -0.4 is 5.32 Å². The quantitative estimate of drug-likeness (QED) is 0.661. The van der Waals surface area contributed by atoms with Gasteiger partial charge in [-0.3, -0.25) is 10.1 Å². The van der Waals surface area contributed by atoms with Crippen LogP contribution in [-0.2, 0) is 0 Å². The Kier molecular flexibility index (Phi) is 3.97. The van der Waals surface area contributed by atoms with E-state index < -0.39 is 16.4 Å². The van der Waals surface area contributed by atoms with E-state index in [4.69, 9.17) is 0 Å². The zero-order valence-electron chi connectivity index (χ0n) is 12.1. The van der Waals surface area contributed by atoms with Crippen LogP contribution in [0, 0.1) is 27.3 Å². The Morgan fingerprint density at radius 3 is 2.75 bits per heavy atom. The molecule has 2 atom stereocenters. The molecule has 0 saturated heterocycles. The number of hydrogen-bond acceptors (Lipinski definition) is 3. The van der Waals surface area contributed by atoms with Crippen LogP contribution in [0.15, 0.2) is 18.2 Å². The lowest BCUT2D eigenvalue weighted by molar-refractivity contribution is -0.387. The minimum Gasteiger partial charge on any atom is -0.382 e. The number of nitro benzene ring substituents is 1. The summed E-state index contributed by atoms with van der Waals surface area (Å²) in [5.74, 6) is -0.304. The Morgan fingerprint density at radius 1 is 1.45 bits per heavy atom. The van der Waals surface area contributed by atoms with Gasteiger partial charge in [-0.2, -0.15) is 4.39 Å². The van der Waals surface area contributed by atoms with Gasteiger partial charge in [0.1, 0.15) is 0 Å². The second-order valence-electron chi connectivity index (χ2n) is 6.56. The standard InChI is InChI=1S/C15H21FN2O2/c1-10-9-15(2,3)7-6-13(10)17-11-4-5-12(16)14(8-11)18(19)20/h4-5,8,10,13,17H,6-7,9H2,1-3H3. The number of rotatable bonds is 3. The Balaban J connectivity index is 2.11. The monoisotopic (exact) mass is 280 g/mol. The van der Waals surface area contributed by atoms with Crippen LogP contribution in [-0.4, -0.2) is 11.0 Å². The second-order valence-corrected chi connectivity index (χ2v) is 6.56. The first-order valence-corrected chi connectivity index (χ1v) is 6.99. The molecule has 0 spiro atoms. The molecule has 110 valence electrons. The van der Waals surface area contributed by atoms with Crippen molar-refractivity contribution < 1.29 is 9.31 Å². The third-order valence-electron chi connectivity index (χ3n) is 4.19. The predicted octanol–water partition coefficient (Wildman–Crippen LogP) is 4.36. The molecule has 0 aliphatic heterocycles. The van der Waals surface area contributed by atoms with E-state index in [1.54, 1.807) is 6.07 Å². The van der Waals surface area contributed by atoms with Crippen LogP contribution in [0.1, 0.15) is 40.0 Å². The molecule has 1 N–H and O–H groups in total. The van der Waals surface area contributed by atoms with E-state index in [-0.39, 0.29) is 6.04 Å². The van der Waals surface area contributed by atoms with Crippen molar-refractivity contribution in [2.75, 3.05) is 5.32 Å². The molecule has 1 aromatic carbocycles. The van der Waals surface area contributed by atoms with E-state index in [1.807, 2.05) is 0 Å². The molecule has 20 heavy (non-hydrogen) atoms. The van der Waals surface area contributed by atoms with Crippen molar-refractivity contribution in [3.63, 3.8) is 0 Å². The predicted molar refractivity (Wildman–Crippen MR) is 77.3 cm³/mol. The summed E-state index contributed by atoms with van der Waals surface area (Å²) in [6.45, 7) is 6.72. The van der Waals surface area contributed by atoms with Crippen molar-refractivity contribution in [1.82, 2.24) is 0 Å². The number of hydrogen-bond donors (Lipinski definition) is 1. The van der Waals surface area contributed by atoms with E-state index in [0.29, 0.717) is 17.0 Å². The highest BCUT2D eigenvalue weighted by molar-refractivity contribution is 5.52. The molecule has 1 saturated carbocycles. The number of nitrogens with zero attached hydrogens (tertiary/aromatic N) is 1. The van der Waals surface area contributed by atoms with Crippen LogP contribution in [0.4, 0.5) is 15.8 Å². The number of nitrogens with one attached hydrogen (secondary N) is 1. The lowest BCUT2D eigenvalue weighted by Gasteiger charge is -2.40. The van der Waals surface area contributed by atoms with Crippen molar-refractivity contribution in [2.24, 2.45) is 11.3 Å². The summed E-state index contributed by atoms with van der Waals surface area (Å²) in [5.41, 5.74) is 0.500. The van der Waals surface area contributed by atoms with Crippen molar-refractivity contribution in [2.45, 2.75) is 46.1 Å². The van der Waals surface area contributed by atoms with Gasteiger partial charge in [-0.1, -0.05) is 20.8 Å². The molecule has 0 heterocycles. The second kappa shape index (κ2) is 5.38. The average Bonchev–Trinajstić information content (AvgIpc) is 2.34. The molecular weight excluding hydrogens is 259 g/mol. The fourth-order valence-corrected chi connectivity index (χ4v) is 3.12. The maximum absolute atomic E-state index is 13.3. The summed E-state index contributed by atoms with van der Waals surface area (Å²) in [4.78, 5) is 10.1. The van der Waals surface area contributed by atoms with E-state index in [0.717, 1.165) is 25.3 Å². The summed E-state index contributed by atoms with van der Waals surface area (Å²) in [5, 5.41) is 14.1. The lowest BCUT2D eigenvalue weighted by atomic mass is 9.70. The highest BCUT2D eigenvalue weighted by Gasteiger charge is 2.32. The number of benzene rings is 1. The van der Waals surface area contributed by atoms with E-state index in [1.165, 1.54) is 6.07 Å². The molecule has 2 rings (SSSR count). The van der Waals surface area contributed by atoms with Crippen molar-refractivity contribution in [1.29, 1.82) is 0 Å². The van der Waals surface area contributed by atoms with Crippen molar-refractivity contribution in [3.05, 3.63) is 34.1 Å². The van der Waals surface area contributed by atoms with Crippen molar-refractivity contribution in [3.8, 4) is 0 Å². The van der Waals surface area contributed by atoms with Gasteiger partial charge in [0.15, 0.2) is 0 Å². The van der Waals surface area contributed by atoms with Crippen LogP contribution in [0.5, 0.6) is 0 Å². The van der Waals surface area contributed by atoms with Crippen LogP contribution in [0.25, 0.3) is 0 Å². The zero-order chi connectivity index (χ0) is 14.9. The highest BCUT2D eigenvalue weighted by atomic mass is 19.1. The van der Waals surface area contributed by atoms with Gasteiger partial charge in [0.2, 0.25) is 5.82 Å². The van der Waals surface area contributed by atoms with Gasteiger partial charge in [-0.05, 0) is 42.7 Å². The Bertz CT molecular complexity index is 517. The first-order valence-electron chi connectivity index (χ1n) is 6.99. The van der Waals surface area contributed by atoms with Gasteiger partial charge >= 0.3 is 5.69 Å². The number of halogens is 1. The van der Waals surface area contributed by atoms with Crippen LogP contribution >= 0.6 is 0 Å². The maximum Gasteiger partial charge on any atom is 0.306 e. The molecule has 1 aliphatic carbocycles. The van der Waals surface area contributed by atoms with Gasteiger partial charge in [0.25, 0.3) is 0 Å². The average molecular weight is 280 g/mol. The van der Waals surface area contributed by atoms with Gasteiger partial charge < -0.3 is 5.32 Å². The summed E-state index contributed by atoms with van der Waals surface area (Å²) in [6.07, 6.45) is 3.27. The van der Waals surface area contributed by atoms with Gasteiger partial charge in [-0.15, -0.1) is 0 Å². The third kappa shape index (κ3) is 3.26. The molecule has 5 heteroatoms. The van der Waals surface area contributed by atoms with Crippen LogP contribution in [0.3, 0.4) is 0 Å². The van der Waals surface area contributed by atoms with Gasteiger partial charge in [0.05, 0.1) is 4.92 Å². The summed E-state index contributed by atoms with van der Waals surface area (Å²) in [7, 11) is 0. The highest BCUT2D eigenvalue weighted by Crippen LogP contribution is 2.39. The molecule has 0 amide bonds. The summed E-state index contributed by atoms with van der Waals surface area (Å²) in [6, 6.07) is 4.28. The minimum absolute atomic E-state index is 0.285. The zero-order valence-corrected chi connectivity index (χ0v) is 12.1. The molecule has 0 bridgehead atoms. The lowest BCUT2D eigenvalue weighted by Crippen LogP contribution is -2.36. The number of nitro groups is 1. The number of anilines is 1. The smallest absolute Gasteiger partial charge is 0.306 e. The van der Waals surface area contributed by atoms with Gasteiger partial charge in [0, 0.05) is 17.8 Å². The molecule has 4 nitrogen and oxygen atoms in total. The molecule has 2 unspecified atom stereocenters. The third-order valence-corrected chi connectivity index (χ3v) is 4.19. The molecule has 1 aromatic rings. The first-order chi connectivity index (χ1) is 9.28. The first kappa shape index (κ1) is 14.8. The SMILES string of the molecule is CC1CC(C)(C)CCC1Nc1ccc(F)c([N+](=O)[O-])c1. The molecule has 1 aliphatic rings. The topological polar surface area (TPSA) is 55.2 Å². The fourth-order valence-electron chi connectivity index (χ4n) is 3.12. The Morgan fingerprint density at radius 2 is 2.15 bits per heavy atom. The van der Waals surface area contributed by atoms with E-state index >= 15 is 0 Å². The molecule has 0 aromatic heterocycles. The Labute approximate surface area is 118 Å². The summed E-state index contributed by atoms with van der Waals surface area (Å²) < 4.78 is 13.3. The molecule has 1 fully saturated rings. The summed E-state index contributed by atoms with van der Waals surface area (Å²) >= 11 is 0. The normalized spacial score (nSPS) is 25.2. The minimum atomic E-state index is -0.793. The fraction of sp³-hybridized carbons (Fsp3) is 0.600. The maximum atomic E-state index is 13.3.